The molecule has 1 saturated heterocycles. The molecule has 0 radical (unpaired) electrons. The van der Waals surface area contributed by atoms with Gasteiger partial charge in [-0.15, -0.1) is 0 Å². The van der Waals surface area contributed by atoms with Gasteiger partial charge in [0.15, 0.2) is 0 Å². The number of pyridine rings is 1. The van der Waals surface area contributed by atoms with Gasteiger partial charge >= 0.3 is 0 Å². The third kappa shape index (κ3) is 8.93. The quantitative estimate of drug-likeness (QED) is 0.252. The SMILES string of the molecule is C.COCCCOc1cc(NSc2ccccn2)c2[nH]c(C3=NCC(CN4CCS(=O)CC4)S3)cc2c1.O.O. The van der Waals surface area contributed by atoms with Gasteiger partial charge < -0.3 is 35.0 Å². The van der Waals surface area contributed by atoms with Crippen molar-refractivity contribution in [1.82, 2.24) is 14.9 Å². The lowest BCUT2D eigenvalue weighted by Crippen LogP contribution is -2.41. The average molecular weight is 598 g/mol. The number of aliphatic imine (C=N–C) groups is 1. The van der Waals surface area contributed by atoms with E-state index in [1.54, 1.807) is 13.3 Å². The second-order valence-corrected chi connectivity index (χ2v) is 12.5. The number of anilines is 1. The predicted octanol–water partition coefficient (Wildman–Crippen LogP) is 3.01. The zero-order valence-electron chi connectivity index (χ0n) is 21.3. The molecule has 0 spiro atoms. The van der Waals surface area contributed by atoms with Gasteiger partial charge in [0, 0.05) is 96.9 Å². The Kier molecular flexibility index (Phi) is 13.7. The number of benzene rings is 1. The van der Waals surface area contributed by atoms with E-state index in [-0.39, 0.29) is 18.4 Å². The summed E-state index contributed by atoms with van der Waals surface area (Å²) in [7, 11) is 1.06. The molecule has 13 heteroatoms. The summed E-state index contributed by atoms with van der Waals surface area (Å²) < 4.78 is 26.3. The predicted molar refractivity (Wildman–Crippen MR) is 165 cm³/mol. The summed E-state index contributed by atoms with van der Waals surface area (Å²) in [4.78, 5) is 15.3. The first-order valence-corrected chi connectivity index (χ1v) is 15.3. The van der Waals surface area contributed by atoms with E-state index < -0.39 is 10.8 Å². The van der Waals surface area contributed by atoms with Crippen LogP contribution in [0.15, 0.2) is 52.6 Å². The van der Waals surface area contributed by atoms with E-state index in [1.165, 1.54) is 11.9 Å². The Morgan fingerprint density at radius 3 is 2.77 bits per heavy atom. The van der Waals surface area contributed by atoms with Crippen molar-refractivity contribution in [3.8, 4) is 5.75 Å². The van der Waals surface area contributed by atoms with E-state index in [0.29, 0.717) is 18.5 Å². The summed E-state index contributed by atoms with van der Waals surface area (Å²) in [6.07, 6.45) is 2.62. The van der Waals surface area contributed by atoms with Crippen molar-refractivity contribution in [2.75, 3.05) is 62.7 Å². The zero-order valence-corrected chi connectivity index (χ0v) is 23.7. The molecule has 1 fully saturated rings. The van der Waals surface area contributed by atoms with Crippen LogP contribution in [0.3, 0.4) is 0 Å². The first-order valence-electron chi connectivity index (χ1n) is 12.1. The van der Waals surface area contributed by atoms with Crippen LogP contribution in [0.1, 0.15) is 19.5 Å². The number of aromatic nitrogens is 2. The molecule has 0 amide bonds. The van der Waals surface area contributed by atoms with Crippen LogP contribution in [-0.2, 0) is 15.5 Å². The lowest BCUT2D eigenvalue weighted by atomic mass is 10.2. The molecule has 1 aromatic carbocycles. The second kappa shape index (κ2) is 16.2. The van der Waals surface area contributed by atoms with Crippen LogP contribution in [0.2, 0.25) is 0 Å². The smallest absolute Gasteiger partial charge is 0.122 e. The Bertz CT molecular complexity index is 1220. The highest BCUT2D eigenvalue weighted by atomic mass is 32.2. The highest BCUT2D eigenvalue weighted by Crippen LogP contribution is 2.35. The minimum Gasteiger partial charge on any atom is -0.493 e. The van der Waals surface area contributed by atoms with Gasteiger partial charge in [-0.3, -0.25) is 9.20 Å². The number of H-pyrrole nitrogens is 1. The summed E-state index contributed by atoms with van der Waals surface area (Å²) in [5.74, 6) is 2.39. The van der Waals surface area contributed by atoms with Crippen molar-refractivity contribution >= 4 is 56.1 Å². The number of thioether (sulfide) groups is 1. The molecular weight excluding hydrogens is 559 g/mol. The highest BCUT2D eigenvalue weighted by Gasteiger charge is 2.26. The molecule has 4 heterocycles. The Balaban J connectivity index is 0.00000178. The molecule has 216 valence electrons. The average Bonchev–Trinajstić information content (AvgIpc) is 3.54. The molecule has 2 aliphatic rings. The van der Waals surface area contributed by atoms with Gasteiger partial charge in [0.05, 0.1) is 30.0 Å². The summed E-state index contributed by atoms with van der Waals surface area (Å²) in [5, 5.41) is 3.44. The number of hydrogen-bond donors (Lipinski definition) is 2. The van der Waals surface area contributed by atoms with E-state index in [4.69, 9.17) is 14.5 Å². The Labute approximate surface area is 240 Å². The van der Waals surface area contributed by atoms with E-state index in [1.807, 2.05) is 36.0 Å². The summed E-state index contributed by atoms with van der Waals surface area (Å²) >= 11 is 3.30. The van der Waals surface area contributed by atoms with Crippen LogP contribution in [-0.4, -0.2) is 98.3 Å². The summed E-state index contributed by atoms with van der Waals surface area (Å²) in [6, 6.07) is 12.1. The maximum Gasteiger partial charge on any atom is 0.122 e. The Hall–Kier alpha value is -2.13. The molecule has 10 nitrogen and oxygen atoms in total. The van der Waals surface area contributed by atoms with Gasteiger partial charge in [-0.05, 0) is 24.3 Å². The van der Waals surface area contributed by atoms with E-state index in [0.717, 1.165) is 82.2 Å². The number of nitrogens with zero attached hydrogens (tertiary/aromatic N) is 3. The molecule has 3 aromatic rings. The largest absolute Gasteiger partial charge is 0.493 e. The van der Waals surface area contributed by atoms with Crippen LogP contribution < -0.4 is 9.46 Å². The maximum absolute atomic E-state index is 11.7. The van der Waals surface area contributed by atoms with Crippen molar-refractivity contribution in [1.29, 1.82) is 0 Å². The van der Waals surface area contributed by atoms with E-state index >= 15 is 0 Å². The number of fused-ring (bicyclic) bond motifs is 1. The molecule has 1 unspecified atom stereocenters. The van der Waals surface area contributed by atoms with Crippen LogP contribution in [0.25, 0.3) is 10.9 Å². The fourth-order valence-electron chi connectivity index (χ4n) is 4.21. The summed E-state index contributed by atoms with van der Waals surface area (Å²) in [5.41, 5.74) is 2.99. The van der Waals surface area contributed by atoms with Crippen LogP contribution in [0.5, 0.6) is 5.75 Å². The maximum atomic E-state index is 11.7. The van der Waals surface area contributed by atoms with Crippen LogP contribution in [0.4, 0.5) is 5.69 Å². The lowest BCUT2D eigenvalue weighted by Gasteiger charge is -2.27. The van der Waals surface area contributed by atoms with Gasteiger partial charge in [-0.2, -0.15) is 0 Å². The molecule has 5 rings (SSSR count). The highest BCUT2D eigenvalue weighted by molar-refractivity contribution is 8.15. The third-order valence-electron chi connectivity index (χ3n) is 6.05. The Morgan fingerprint density at radius 2 is 2.03 bits per heavy atom. The van der Waals surface area contributed by atoms with Gasteiger partial charge in [0.25, 0.3) is 0 Å². The van der Waals surface area contributed by atoms with Gasteiger partial charge in [-0.25, -0.2) is 4.98 Å². The standard InChI is InChI=1S/C25H31N5O3S3.CH4.2H2O/c1-32-9-4-10-33-19-13-18-14-22(25-27-16-20(34-25)17-30-7-11-36(31)12-8-30)28-24(18)21(15-19)29-35-23-5-2-3-6-26-23;;;/h2-3,5-6,13-15,20,28-29H,4,7-12,16-17H2,1H3;1H4;2*1H2. The molecule has 2 aromatic heterocycles. The second-order valence-electron chi connectivity index (χ2n) is 8.72. The fraction of sp³-hybridized carbons (Fsp3) is 0.462. The molecule has 2 aliphatic heterocycles. The van der Waals surface area contributed by atoms with Gasteiger partial charge in [0.1, 0.15) is 15.8 Å². The molecule has 0 aliphatic carbocycles. The van der Waals surface area contributed by atoms with Crippen molar-refractivity contribution in [3.63, 3.8) is 0 Å². The molecule has 1 atom stereocenters. The number of rotatable bonds is 11. The number of methoxy groups -OCH3 is 1. The first kappa shape index (κ1) is 33.1. The monoisotopic (exact) mass is 597 g/mol. The van der Waals surface area contributed by atoms with E-state index in [2.05, 4.69) is 31.7 Å². The molecule has 0 bridgehead atoms. The number of nitrogens with one attached hydrogen (secondary N) is 2. The molecule has 39 heavy (non-hydrogen) atoms. The number of hydrogen-bond acceptors (Lipinski definition) is 9. The normalized spacial score (nSPS) is 17.6. The molecule has 6 N–H and O–H groups in total. The Morgan fingerprint density at radius 1 is 1.21 bits per heavy atom. The summed E-state index contributed by atoms with van der Waals surface area (Å²) in [6.45, 7) is 4.90. The minimum atomic E-state index is -0.642. The third-order valence-corrected chi connectivity index (χ3v) is 9.30. The molecule has 0 saturated carbocycles. The number of ether oxygens (including phenoxy) is 2. The molecular formula is C26H39N5O5S3. The van der Waals surface area contributed by atoms with Crippen molar-refractivity contribution in [2.45, 2.75) is 24.1 Å². The van der Waals surface area contributed by atoms with Gasteiger partial charge in [0.2, 0.25) is 0 Å². The van der Waals surface area contributed by atoms with Crippen molar-refractivity contribution < 1.29 is 24.6 Å². The number of aromatic amines is 1. The zero-order chi connectivity index (χ0) is 24.7. The minimum absolute atomic E-state index is 0. The van der Waals surface area contributed by atoms with Gasteiger partial charge in [-0.1, -0.05) is 25.3 Å². The van der Waals surface area contributed by atoms with Crippen molar-refractivity contribution in [3.05, 3.63) is 48.3 Å². The lowest BCUT2D eigenvalue weighted by molar-refractivity contribution is 0.172. The van der Waals surface area contributed by atoms with Crippen LogP contribution >= 0.6 is 23.7 Å². The van der Waals surface area contributed by atoms with Crippen LogP contribution in [0, 0.1) is 0 Å². The van der Waals surface area contributed by atoms with Crippen molar-refractivity contribution in [2.24, 2.45) is 4.99 Å². The fourth-order valence-corrected chi connectivity index (χ4v) is 7.11. The topological polar surface area (TPSA) is 155 Å². The first-order chi connectivity index (χ1) is 17.7. The van der Waals surface area contributed by atoms with E-state index in [9.17, 15) is 4.21 Å².